The first-order valence-electron chi connectivity index (χ1n) is 3.96. The summed E-state index contributed by atoms with van der Waals surface area (Å²) < 4.78 is 29.2. The second-order valence-electron chi connectivity index (χ2n) is 2.75. The number of aromatic nitrogens is 2. The quantitative estimate of drug-likeness (QED) is 0.481. The van der Waals surface area contributed by atoms with Gasteiger partial charge in [-0.15, -0.1) is 0 Å². The van der Waals surface area contributed by atoms with Gasteiger partial charge in [-0.25, -0.2) is 0 Å². The smallest absolute Gasteiger partial charge is 0.266 e. The summed E-state index contributed by atoms with van der Waals surface area (Å²) in [6.45, 7) is 0.00866. The van der Waals surface area contributed by atoms with Gasteiger partial charge in [-0.2, -0.15) is 18.4 Å². The van der Waals surface area contributed by atoms with Gasteiger partial charge in [0.25, 0.3) is 10.1 Å². The van der Waals surface area contributed by atoms with E-state index in [9.17, 15) is 8.42 Å². The Morgan fingerprint density at radius 2 is 2.07 bits per heavy atom. The van der Waals surface area contributed by atoms with Crippen molar-refractivity contribution in [3.05, 3.63) is 6.07 Å². The fraction of sp³-hybridized carbons (Fsp3) is 0.333. The van der Waals surface area contributed by atoms with E-state index in [-0.39, 0.29) is 18.3 Å². The number of nitrogen functional groups attached to an aromatic ring is 2. The molecule has 0 radical (unpaired) electrons. The molecule has 6 N–H and O–H groups in total. The summed E-state index contributed by atoms with van der Waals surface area (Å²) >= 11 is 0. The molecule has 0 aromatic carbocycles. The van der Waals surface area contributed by atoms with Crippen LogP contribution in [0.25, 0.3) is 0 Å². The van der Waals surface area contributed by atoms with Crippen molar-refractivity contribution >= 4 is 27.7 Å². The Bertz CT molecular complexity index is 426. The topological polar surface area (TPSA) is 144 Å². The van der Waals surface area contributed by atoms with Crippen molar-refractivity contribution in [2.75, 3.05) is 29.1 Å². The molecule has 84 valence electrons. The number of hydrogen-bond acceptors (Lipinski definition) is 7. The van der Waals surface area contributed by atoms with Gasteiger partial charge in [0.15, 0.2) is 0 Å². The minimum absolute atomic E-state index is 0.00866. The molecule has 8 nitrogen and oxygen atoms in total. The van der Waals surface area contributed by atoms with E-state index in [4.69, 9.17) is 16.0 Å². The number of anilines is 3. The molecule has 0 saturated carbocycles. The average Bonchev–Trinajstić information content (AvgIpc) is 1.99. The predicted octanol–water partition coefficient (Wildman–Crippen LogP) is -1.06. The number of nitrogens with zero attached hydrogens (tertiary/aromatic N) is 2. The maximum absolute atomic E-state index is 10.4. The molecule has 9 heteroatoms. The van der Waals surface area contributed by atoms with E-state index < -0.39 is 15.9 Å². The molecule has 1 heterocycles. The molecular weight excluding hydrogens is 222 g/mol. The van der Waals surface area contributed by atoms with Gasteiger partial charge in [0.05, 0.1) is 5.75 Å². The molecule has 0 unspecified atom stereocenters. The highest BCUT2D eigenvalue weighted by molar-refractivity contribution is 7.85. The zero-order valence-corrected chi connectivity index (χ0v) is 8.53. The van der Waals surface area contributed by atoms with Crippen LogP contribution in [0.4, 0.5) is 17.6 Å². The maximum Gasteiger partial charge on any atom is 0.266 e. The van der Waals surface area contributed by atoms with Gasteiger partial charge in [0, 0.05) is 12.6 Å². The standard InChI is InChI=1S/C6H11N5O3S/c7-4-3-5(11-6(8)10-4)9-1-2-15(12,13)14/h3H,1-2H2,(H,12,13,14)(H5,7,8,9,10,11). The lowest BCUT2D eigenvalue weighted by Gasteiger charge is -2.05. The van der Waals surface area contributed by atoms with Gasteiger partial charge in [-0.1, -0.05) is 0 Å². The molecule has 0 aliphatic rings. The molecule has 0 aliphatic heterocycles. The lowest BCUT2D eigenvalue weighted by molar-refractivity contribution is 0.484. The maximum atomic E-state index is 10.4. The van der Waals surface area contributed by atoms with Crippen molar-refractivity contribution in [2.45, 2.75) is 0 Å². The van der Waals surface area contributed by atoms with E-state index >= 15 is 0 Å². The first-order valence-corrected chi connectivity index (χ1v) is 5.57. The molecule has 0 aliphatic carbocycles. The molecule has 0 bridgehead atoms. The van der Waals surface area contributed by atoms with Crippen LogP contribution in [0.15, 0.2) is 6.07 Å². The van der Waals surface area contributed by atoms with E-state index in [1.54, 1.807) is 0 Å². The van der Waals surface area contributed by atoms with Crippen LogP contribution < -0.4 is 16.8 Å². The van der Waals surface area contributed by atoms with Crippen molar-refractivity contribution in [1.82, 2.24) is 9.97 Å². The minimum Gasteiger partial charge on any atom is -0.383 e. The molecule has 15 heavy (non-hydrogen) atoms. The Labute approximate surface area is 86.5 Å². The van der Waals surface area contributed by atoms with Gasteiger partial charge in [0.2, 0.25) is 5.95 Å². The van der Waals surface area contributed by atoms with Gasteiger partial charge >= 0.3 is 0 Å². The van der Waals surface area contributed by atoms with Crippen LogP contribution in [-0.2, 0) is 10.1 Å². The van der Waals surface area contributed by atoms with Crippen LogP contribution in [0.1, 0.15) is 0 Å². The van der Waals surface area contributed by atoms with Gasteiger partial charge in [0.1, 0.15) is 11.6 Å². The van der Waals surface area contributed by atoms with E-state index in [0.717, 1.165) is 0 Å². The van der Waals surface area contributed by atoms with Crippen LogP contribution in [0, 0.1) is 0 Å². The summed E-state index contributed by atoms with van der Waals surface area (Å²) in [5.74, 6) is 0.0569. The number of rotatable bonds is 4. The van der Waals surface area contributed by atoms with Crippen LogP contribution >= 0.6 is 0 Å². The Kier molecular flexibility index (Phi) is 3.27. The third kappa shape index (κ3) is 4.42. The predicted molar refractivity (Wildman–Crippen MR) is 55.8 cm³/mol. The normalized spacial score (nSPS) is 11.3. The molecule has 0 saturated heterocycles. The molecular formula is C6H11N5O3S. The average molecular weight is 233 g/mol. The highest BCUT2D eigenvalue weighted by Gasteiger charge is 2.04. The van der Waals surface area contributed by atoms with E-state index in [1.807, 2.05) is 0 Å². The Hall–Kier alpha value is -1.61. The van der Waals surface area contributed by atoms with Crippen LogP contribution in [-0.4, -0.2) is 35.2 Å². The Balaban J connectivity index is 2.58. The van der Waals surface area contributed by atoms with Crippen LogP contribution in [0.5, 0.6) is 0 Å². The molecule has 1 rings (SSSR count). The highest BCUT2D eigenvalue weighted by Crippen LogP contribution is 2.08. The van der Waals surface area contributed by atoms with Crippen molar-refractivity contribution < 1.29 is 13.0 Å². The van der Waals surface area contributed by atoms with Crippen molar-refractivity contribution in [1.29, 1.82) is 0 Å². The van der Waals surface area contributed by atoms with E-state index in [1.165, 1.54) is 6.07 Å². The highest BCUT2D eigenvalue weighted by atomic mass is 32.2. The fourth-order valence-electron chi connectivity index (χ4n) is 0.884. The van der Waals surface area contributed by atoms with Gasteiger partial charge in [-0.3, -0.25) is 4.55 Å². The Morgan fingerprint density at radius 3 is 2.60 bits per heavy atom. The number of nitrogens with two attached hydrogens (primary N) is 2. The van der Waals surface area contributed by atoms with Crippen LogP contribution in [0.3, 0.4) is 0 Å². The van der Waals surface area contributed by atoms with Crippen LogP contribution in [0.2, 0.25) is 0 Å². The SMILES string of the molecule is Nc1cc(NCCS(=O)(=O)O)nc(N)n1. The first kappa shape index (κ1) is 11.5. The van der Waals surface area contributed by atoms with Crippen molar-refractivity contribution in [2.24, 2.45) is 0 Å². The minimum atomic E-state index is -3.98. The Morgan fingerprint density at radius 1 is 1.40 bits per heavy atom. The number of hydrogen-bond donors (Lipinski definition) is 4. The summed E-state index contributed by atoms with van der Waals surface area (Å²) in [6, 6.07) is 1.40. The lowest BCUT2D eigenvalue weighted by atomic mass is 10.5. The third-order valence-corrected chi connectivity index (χ3v) is 2.15. The second kappa shape index (κ2) is 4.28. The summed E-state index contributed by atoms with van der Waals surface area (Å²) in [4.78, 5) is 7.38. The molecule has 1 aromatic rings. The monoisotopic (exact) mass is 233 g/mol. The summed E-state index contributed by atoms with van der Waals surface area (Å²) in [6.07, 6.45) is 0. The molecule has 0 spiro atoms. The summed E-state index contributed by atoms with van der Waals surface area (Å²) in [5, 5.41) is 2.63. The van der Waals surface area contributed by atoms with Crippen molar-refractivity contribution in [3.8, 4) is 0 Å². The summed E-state index contributed by atoms with van der Waals surface area (Å²) in [7, 11) is -3.98. The fourth-order valence-corrected chi connectivity index (χ4v) is 1.24. The lowest BCUT2D eigenvalue weighted by Crippen LogP contribution is -2.15. The second-order valence-corrected chi connectivity index (χ2v) is 4.32. The third-order valence-electron chi connectivity index (χ3n) is 1.43. The summed E-state index contributed by atoms with van der Waals surface area (Å²) in [5.41, 5.74) is 10.7. The zero-order chi connectivity index (χ0) is 11.5. The first-order chi connectivity index (χ1) is 6.87. The zero-order valence-electron chi connectivity index (χ0n) is 7.71. The van der Waals surface area contributed by atoms with Gasteiger partial charge in [-0.05, 0) is 0 Å². The van der Waals surface area contributed by atoms with E-state index in [0.29, 0.717) is 5.82 Å². The molecule has 0 fully saturated rings. The largest absolute Gasteiger partial charge is 0.383 e. The molecule has 1 aromatic heterocycles. The van der Waals surface area contributed by atoms with Gasteiger partial charge < -0.3 is 16.8 Å². The number of nitrogens with one attached hydrogen (secondary N) is 1. The molecule has 0 atom stereocenters. The van der Waals surface area contributed by atoms with Crippen molar-refractivity contribution in [3.63, 3.8) is 0 Å². The van der Waals surface area contributed by atoms with E-state index in [2.05, 4.69) is 15.3 Å². The molecule has 0 amide bonds.